The van der Waals surface area contributed by atoms with Crippen LogP contribution in [0.4, 0.5) is 5.95 Å². The molecule has 86 valence electrons. The minimum atomic E-state index is 0.427. The largest absolute Gasteiger partial charge is 0.480 e. The topological polar surface area (TPSA) is 47.0 Å². The molecule has 16 heavy (non-hydrogen) atoms. The zero-order valence-electron chi connectivity index (χ0n) is 9.11. The molecule has 0 saturated carbocycles. The summed E-state index contributed by atoms with van der Waals surface area (Å²) in [7, 11) is 1.60. The summed E-state index contributed by atoms with van der Waals surface area (Å²) in [4.78, 5) is 8.48. The van der Waals surface area contributed by atoms with Gasteiger partial charge in [0.1, 0.15) is 0 Å². The van der Waals surface area contributed by atoms with E-state index in [4.69, 9.17) is 4.74 Å². The van der Waals surface area contributed by atoms with E-state index in [1.807, 2.05) is 0 Å². The van der Waals surface area contributed by atoms with Crippen LogP contribution in [0.15, 0.2) is 22.8 Å². The van der Waals surface area contributed by atoms with Crippen LogP contribution in [0.1, 0.15) is 19.3 Å². The number of rotatable bonds is 3. The van der Waals surface area contributed by atoms with Crippen molar-refractivity contribution in [3.05, 3.63) is 22.8 Å². The Morgan fingerprint density at radius 1 is 1.50 bits per heavy atom. The fourth-order valence-corrected chi connectivity index (χ4v) is 2.02. The van der Waals surface area contributed by atoms with Crippen LogP contribution in [0.2, 0.25) is 0 Å². The first-order chi connectivity index (χ1) is 7.79. The molecule has 1 aliphatic rings. The molecule has 0 amide bonds. The van der Waals surface area contributed by atoms with Crippen molar-refractivity contribution in [3.8, 4) is 5.88 Å². The summed E-state index contributed by atoms with van der Waals surface area (Å²) in [6.07, 6.45) is 9.37. The molecule has 1 unspecified atom stereocenters. The molecule has 4 nitrogen and oxygen atoms in total. The summed E-state index contributed by atoms with van der Waals surface area (Å²) in [6.45, 7) is 0. The van der Waals surface area contributed by atoms with E-state index in [0.717, 1.165) is 23.7 Å². The molecule has 1 N–H and O–H groups in total. The third-order valence-electron chi connectivity index (χ3n) is 2.51. The predicted molar refractivity (Wildman–Crippen MR) is 66.7 cm³/mol. The van der Waals surface area contributed by atoms with Gasteiger partial charge in [0.25, 0.3) is 0 Å². The number of allylic oxidation sites excluding steroid dienone is 1. The van der Waals surface area contributed by atoms with E-state index in [1.54, 1.807) is 13.3 Å². The van der Waals surface area contributed by atoms with Crippen molar-refractivity contribution in [1.29, 1.82) is 0 Å². The Hall–Kier alpha value is -1.10. The first kappa shape index (κ1) is 11.4. The van der Waals surface area contributed by atoms with Gasteiger partial charge in [-0.3, -0.25) is 0 Å². The fourth-order valence-electron chi connectivity index (χ4n) is 1.67. The van der Waals surface area contributed by atoms with Crippen molar-refractivity contribution in [2.24, 2.45) is 0 Å². The molecule has 1 aromatic rings. The summed E-state index contributed by atoms with van der Waals surface area (Å²) < 4.78 is 5.89. The van der Waals surface area contributed by atoms with Crippen molar-refractivity contribution in [3.63, 3.8) is 0 Å². The molecule has 1 aromatic heterocycles. The molecule has 0 radical (unpaired) electrons. The molecular weight excluding hydrogens is 270 g/mol. The maximum Gasteiger partial charge on any atom is 0.232 e. The second-order valence-corrected chi connectivity index (χ2v) is 4.53. The number of ether oxygens (including phenoxy) is 1. The monoisotopic (exact) mass is 283 g/mol. The van der Waals surface area contributed by atoms with Crippen molar-refractivity contribution < 1.29 is 4.74 Å². The molecule has 5 heteroatoms. The van der Waals surface area contributed by atoms with Crippen molar-refractivity contribution >= 4 is 21.9 Å². The van der Waals surface area contributed by atoms with Crippen LogP contribution < -0.4 is 10.1 Å². The fraction of sp³-hybridized carbons (Fsp3) is 0.455. The minimum Gasteiger partial charge on any atom is -0.480 e. The van der Waals surface area contributed by atoms with Gasteiger partial charge in [-0.2, -0.15) is 4.98 Å². The zero-order chi connectivity index (χ0) is 11.4. The van der Waals surface area contributed by atoms with Gasteiger partial charge < -0.3 is 10.1 Å². The Morgan fingerprint density at radius 3 is 3.06 bits per heavy atom. The normalized spacial score (nSPS) is 19.5. The summed E-state index contributed by atoms with van der Waals surface area (Å²) in [6, 6.07) is 0.427. The van der Waals surface area contributed by atoms with Gasteiger partial charge in [0, 0.05) is 6.04 Å². The Morgan fingerprint density at radius 2 is 2.38 bits per heavy atom. The van der Waals surface area contributed by atoms with Gasteiger partial charge in [0.2, 0.25) is 11.8 Å². The highest BCUT2D eigenvalue weighted by atomic mass is 79.9. The quantitative estimate of drug-likeness (QED) is 0.867. The van der Waals surface area contributed by atoms with E-state index in [0.29, 0.717) is 17.9 Å². The highest BCUT2D eigenvalue weighted by Crippen LogP contribution is 2.23. The molecular formula is C11H14BrN3O. The lowest BCUT2D eigenvalue weighted by molar-refractivity contribution is 0.394. The van der Waals surface area contributed by atoms with Crippen molar-refractivity contribution in [2.75, 3.05) is 12.4 Å². The maximum absolute atomic E-state index is 5.12. The average molecular weight is 284 g/mol. The first-order valence-corrected chi connectivity index (χ1v) is 6.07. The van der Waals surface area contributed by atoms with Crippen molar-refractivity contribution in [2.45, 2.75) is 25.3 Å². The van der Waals surface area contributed by atoms with E-state index >= 15 is 0 Å². The lowest BCUT2D eigenvalue weighted by Gasteiger charge is -2.19. The number of hydrogen-bond acceptors (Lipinski definition) is 4. The Balaban J connectivity index is 2.06. The summed E-state index contributed by atoms with van der Waals surface area (Å²) in [5, 5.41) is 3.31. The van der Waals surface area contributed by atoms with Crippen LogP contribution in [-0.4, -0.2) is 23.1 Å². The predicted octanol–water partition coefficient (Wildman–Crippen LogP) is 2.77. The molecule has 0 spiro atoms. The highest BCUT2D eigenvalue weighted by molar-refractivity contribution is 9.10. The standard InChI is InChI=1S/C11H14BrN3O/c1-16-10-9(12)7-13-11(15-10)14-8-5-3-2-4-6-8/h2-3,7-8H,4-6H2,1H3,(H,13,14,15). The van der Waals surface area contributed by atoms with Gasteiger partial charge in [-0.25, -0.2) is 4.98 Å². The molecule has 1 atom stereocenters. The van der Waals surface area contributed by atoms with Crippen molar-refractivity contribution in [1.82, 2.24) is 9.97 Å². The van der Waals surface area contributed by atoms with Crippen LogP contribution in [0, 0.1) is 0 Å². The second kappa shape index (κ2) is 5.30. The van der Waals surface area contributed by atoms with E-state index in [9.17, 15) is 0 Å². The van der Waals surface area contributed by atoms with Gasteiger partial charge in [-0.1, -0.05) is 12.2 Å². The summed E-state index contributed by atoms with van der Waals surface area (Å²) >= 11 is 3.33. The van der Waals surface area contributed by atoms with Gasteiger partial charge in [-0.15, -0.1) is 0 Å². The molecule has 1 heterocycles. The molecule has 2 rings (SSSR count). The lowest BCUT2D eigenvalue weighted by atomic mass is 10.0. The van der Waals surface area contributed by atoms with E-state index in [-0.39, 0.29) is 0 Å². The molecule has 0 fully saturated rings. The molecule has 0 aliphatic heterocycles. The number of nitrogens with one attached hydrogen (secondary N) is 1. The minimum absolute atomic E-state index is 0.427. The molecule has 0 saturated heterocycles. The number of methoxy groups -OCH3 is 1. The van der Waals surface area contributed by atoms with Crippen LogP contribution in [0.3, 0.4) is 0 Å². The molecule has 0 bridgehead atoms. The van der Waals surface area contributed by atoms with Gasteiger partial charge in [-0.05, 0) is 35.2 Å². The van der Waals surface area contributed by atoms with Gasteiger partial charge in [0.05, 0.1) is 17.8 Å². The maximum atomic E-state index is 5.12. The summed E-state index contributed by atoms with van der Waals surface area (Å²) in [5.74, 6) is 1.18. The van der Waals surface area contributed by atoms with E-state index < -0.39 is 0 Å². The average Bonchev–Trinajstić information content (AvgIpc) is 2.33. The SMILES string of the molecule is COc1nc(NC2CC=CCC2)ncc1Br. The second-order valence-electron chi connectivity index (χ2n) is 3.68. The number of nitrogens with zero attached hydrogens (tertiary/aromatic N) is 2. The van der Waals surface area contributed by atoms with Crippen LogP contribution >= 0.6 is 15.9 Å². The summed E-state index contributed by atoms with van der Waals surface area (Å²) in [5.41, 5.74) is 0. The van der Waals surface area contributed by atoms with Crippen LogP contribution in [0.25, 0.3) is 0 Å². The zero-order valence-corrected chi connectivity index (χ0v) is 10.7. The number of halogens is 1. The van der Waals surface area contributed by atoms with Crippen LogP contribution in [0.5, 0.6) is 5.88 Å². The number of anilines is 1. The van der Waals surface area contributed by atoms with E-state index in [1.165, 1.54) is 0 Å². The number of hydrogen-bond donors (Lipinski definition) is 1. The first-order valence-electron chi connectivity index (χ1n) is 5.27. The molecule has 1 aliphatic carbocycles. The Labute approximate surface area is 103 Å². The van der Waals surface area contributed by atoms with Gasteiger partial charge in [0.15, 0.2) is 0 Å². The molecule has 0 aromatic carbocycles. The lowest BCUT2D eigenvalue weighted by Crippen LogP contribution is -2.21. The third kappa shape index (κ3) is 2.72. The number of aromatic nitrogens is 2. The van der Waals surface area contributed by atoms with Gasteiger partial charge >= 0.3 is 0 Å². The third-order valence-corrected chi connectivity index (χ3v) is 3.05. The van der Waals surface area contributed by atoms with Crippen LogP contribution in [-0.2, 0) is 0 Å². The smallest absolute Gasteiger partial charge is 0.232 e. The Kier molecular flexibility index (Phi) is 3.77. The van der Waals surface area contributed by atoms with E-state index in [2.05, 4.69) is 43.4 Å². The Bertz CT molecular complexity index is 395. The highest BCUT2D eigenvalue weighted by Gasteiger charge is 2.12.